The molecule has 144 valence electrons. The Morgan fingerprint density at radius 2 is 1.63 bits per heavy atom. The van der Waals surface area contributed by atoms with Crippen LogP contribution >= 0.6 is 0 Å². The minimum Gasteiger partial charge on any atom is -0.480 e. The van der Waals surface area contributed by atoms with Crippen LogP contribution in [-0.2, 0) is 11.3 Å². The quantitative estimate of drug-likeness (QED) is 0.408. The number of anilines is 2. The molecular weight excluding hydrogens is 346 g/mol. The summed E-state index contributed by atoms with van der Waals surface area (Å²) < 4.78 is 0. The van der Waals surface area contributed by atoms with Crippen molar-refractivity contribution < 1.29 is 14.7 Å². The second-order valence-corrected chi connectivity index (χ2v) is 6.07. The molecule has 2 amide bonds. The van der Waals surface area contributed by atoms with Crippen molar-refractivity contribution in [1.29, 1.82) is 0 Å². The van der Waals surface area contributed by atoms with Gasteiger partial charge in [-0.1, -0.05) is 18.6 Å². The van der Waals surface area contributed by atoms with Gasteiger partial charge in [0, 0.05) is 30.3 Å². The third-order valence-corrected chi connectivity index (χ3v) is 3.95. The van der Waals surface area contributed by atoms with E-state index >= 15 is 0 Å². The number of carboxylic acid groups (broad SMARTS) is 1. The van der Waals surface area contributed by atoms with E-state index in [-0.39, 0.29) is 6.03 Å². The molecule has 0 aliphatic carbocycles. The van der Waals surface area contributed by atoms with Gasteiger partial charge in [-0.3, -0.25) is 9.78 Å². The lowest BCUT2D eigenvalue weighted by atomic mass is 10.1. The summed E-state index contributed by atoms with van der Waals surface area (Å²) in [6, 6.07) is 9.67. The highest BCUT2D eigenvalue weighted by molar-refractivity contribution is 5.99. The molecule has 1 atom stereocenters. The Bertz CT molecular complexity index is 722. The van der Waals surface area contributed by atoms with Gasteiger partial charge in [0.1, 0.15) is 6.04 Å². The van der Waals surface area contributed by atoms with E-state index in [1.165, 1.54) is 0 Å². The number of hydrogen-bond donors (Lipinski definition) is 5. The van der Waals surface area contributed by atoms with E-state index in [1.54, 1.807) is 36.7 Å². The average Bonchev–Trinajstić information content (AvgIpc) is 2.66. The van der Waals surface area contributed by atoms with Crippen LogP contribution in [0.25, 0.3) is 0 Å². The van der Waals surface area contributed by atoms with Crippen LogP contribution in [0.5, 0.6) is 0 Å². The lowest BCUT2D eigenvalue weighted by Crippen LogP contribution is -2.36. The first kappa shape index (κ1) is 20.3. The van der Waals surface area contributed by atoms with Gasteiger partial charge in [-0.25, -0.2) is 4.79 Å². The summed E-state index contributed by atoms with van der Waals surface area (Å²) in [6.07, 6.45) is 5.32. The van der Waals surface area contributed by atoms with Crippen LogP contribution in [0, 0.1) is 0 Å². The van der Waals surface area contributed by atoms with Crippen LogP contribution < -0.4 is 21.7 Å². The summed E-state index contributed by atoms with van der Waals surface area (Å²) in [7, 11) is 0. The number of carboxylic acids is 1. The molecule has 1 heterocycles. The molecule has 0 fully saturated rings. The smallest absolute Gasteiger partial charge is 0.323 e. The SMILES string of the molecule is NCCCCC(NCc1ccc(NC(=O)Nc2ccncc2)cc1)C(=O)O. The van der Waals surface area contributed by atoms with Gasteiger partial charge in [-0.15, -0.1) is 0 Å². The topological polar surface area (TPSA) is 129 Å². The third kappa shape index (κ3) is 7.43. The second kappa shape index (κ2) is 10.9. The molecule has 2 rings (SSSR count). The number of benzene rings is 1. The Hall–Kier alpha value is -2.97. The maximum Gasteiger partial charge on any atom is 0.323 e. The maximum atomic E-state index is 12.0. The van der Waals surface area contributed by atoms with E-state index in [0.29, 0.717) is 30.9 Å². The van der Waals surface area contributed by atoms with Crippen LogP contribution in [0.1, 0.15) is 24.8 Å². The fourth-order valence-electron chi connectivity index (χ4n) is 2.48. The standard InChI is InChI=1S/C19H25N5O3/c20-10-2-1-3-17(18(25)26)22-13-14-4-6-15(7-5-14)23-19(27)24-16-8-11-21-12-9-16/h4-9,11-12,17,22H,1-3,10,13,20H2,(H,25,26)(H2,21,23,24,27). The van der Waals surface area contributed by atoms with Gasteiger partial charge in [0.25, 0.3) is 0 Å². The summed E-state index contributed by atoms with van der Waals surface area (Å²) in [5, 5.41) is 17.7. The van der Waals surface area contributed by atoms with Crippen molar-refractivity contribution in [3.8, 4) is 0 Å². The fourth-order valence-corrected chi connectivity index (χ4v) is 2.48. The highest BCUT2D eigenvalue weighted by atomic mass is 16.4. The number of nitrogens with two attached hydrogens (primary N) is 1. The second-order valence-electron chi connectivity index (χ2n) is 6.07. The molecule has 2 aromatic rings. The van der Waals surface area contributed by atoms with E-state index in [9.17, 15) is 14.7 Å². The Morgan fingerprint density at radius 3 is 2.22 bits per heavy atom. The molecule has 8 nitrogen and oxygen atoms in total. The zero-order valence-electron chi connectivity index (χ0n) is 15.0. The van der Waals surface area contributed by atoms with E-state index in [1.807, 2.05) is 12.1 Å². The van der Waals surface area contributed by atoms with Crippen LogP contribution in [0.15, 0.2) is 48.8 Å². The van der Waals surface area contributed by atoms with Gasteiger partial charge in [0.05, 0.1) is 0 Å². The van der Waals surface area contributed by atoms with Crippen molar-refractivity contribution in [1.82, 2.24) is 10.3 Å². The number of amides is 2. The molecule has 8 heteroatoms. The van der Waals surface area contributed by atoms with Gasteiger partial charge in [-0.2, -0.15) is 0 Å². The van der Waals surface area contributed by atoms with Crippen molar-refractivity contribution in [3.63, 3.8) is 0 Å². The number of rotatable bonds is 10. The van der Waals surface area contributed by atoms with E-state index in [2.05, 4.69) is 20.9 Å². The Labute approximate surface area is 158 Å². The van der Waals surface area contributed by atoms with E-state index in [0.717, 1.165) is 18.4 Å². The zero-order chi connectivity index (χ0) is 19.5. The van der Waals surface area contributed by atoms with Crippen LogP contribution in [0.4, 0.5) is 16.2 Å². The first-order valence-corrected chi connectivity index (χ1v) is 8.81. The number of urea groups is 1. The number of unbranched alkanes of at least 4 members (excludes halogenated alkanes) is 1. The first-order chi connectivity index (χ1) is 13.1. The first-order valence-electron chi connectivity index (χ1n) is 8.81. The molecule has 0 saturated carbocycles. The summed E-state index contributed by atoms with van der Waals surface area (Å²) in [6.45, 7) is 0.999. The van der Waals surface area contributed by atoms with Gasteiger partial charge in [0.2, 0.25) is 0 Å². The predicted octanol–water partition coefficient (Wildman–Crippen LogP) is 2.40. The molecule has 0 radical (unpaired) electrons. The number of aliphatic carboxylic acids is 1. The monoisotopic (exact) mass is 371 g/mol. The molecule has 27 heavy (non-hydrogen) atoms. The van der Waals surface area contributed by atoms with Crippen molar-refractivity contribution >= 4 is 23.4 Å². The molecule has 6 N–H and O–H groups in total. The minimum absolute atomic E-state index is 0.349. The zero-order valence-corrected chi connectivity index (χ0v) is 15.0. The van der Waals surface area contributed by atoms with Gasteiger partial charge < -0.3 is 26.8 Å². The van der Waals surface area contributed by atoms with Crippen molar-refractivity contribution in [2.75, 3.05) is 17.2 Å². The number of nitrogens with zero attached hydrogens (tertiary/aromatic N) is 1. The van der Waals surface area contributed by atoms with E-state index in [4.69, 9.17) is 5.73 Å². The highest BCUT2D eigenvalue weighted by Crippen LogP contribution is 2.11. The molecule has 0 saturated heterocycles. The molecule has 1 aromatic heterocycles. The lowest BCUT2D eigenvalue weighted by Gasteiger charge is -2.14. The number of carbonyl (C=O) groups is 2. The molecule has 0 aliphatic rings. The molecule has 0 aliphatic heterocycles. The lowest BCUT2D eigenvalue weighted by molar-refractivity contribution is -0.139. The number of hydrogen-bond acceptors (Lipinski definition) is 5. The summed E-state index contributed by atoms with van der Waals surface area (Å²) in [5.74, 6) is -0.863. The largest absolute Gasteiger partial charge is 0.480 e. The van der Waals surface area contributed by atoms with Gasteiger partial charge >= 0.3 is 12.0 Å². The summed E-state index contributed by atoms with van der Waals surface area (Å²) >= 11 is 0. The number of nitrogens with one attached hydrogen (secondary N) is 3. The maximum absolute atomic E-state index is 12.0. The number of pyridine rings is 1. The van der Waals surface area contributed by atoms with E-state index < -0.39 is 12.0 Å². The molecule has 1 unspecified atom stereocenters. The third-order valence-electron chi connectivity index (χ3n) is 3.95. The van der Waals surface area contributed by atoms with Crippen LogP contribution in [0.3, 0.4) is 0 Å². The molecule has 0 spiro atoms. The van der Waals surface area contributed by atoms with Crippen LogP contribution in [0.2, 0.25) is 0 Å². The van der Waals surface area contributed by atoms with Crippen molar-refractivity contribution in [3.05, 3.63) is 54.4 Å². The summed E-state index contributed by atoms with van der Waals surface area (Å²) in [4.78, 5) is 27.1. The number of aromatic nitrogens is 1. The minimum atomic E-state index is -0.863. The fraction of sp³-hybridized carbons (Fsp3) is 0.316. The Kier molecular flexibility index (Phi) is 8.21. The average molecular weight is 371 g/mol. The summed E-state index contributed by atoms with van der Waals surface area (Å²) in [5.41, 5.74) is 7.67. The normalized spacial score (nSPS) is 11.6. The molecule has 0 bridgehead atoms. The van der Waals surface area contributed by atoms with Gasteiger partial charge in [0.15, 0.2) is 0 Å². The molecular formula is C19H25N5O3. The molecule has 1 aromatic carbocycles. The number of carbonyl (C=O) groups excluding carboxylic acids is 1. The highest BCUT2D eigenvalue weighted by Gasteiger charge is 2.15. The Morgan fingerprint density at radius 1 is 1.00 bits per heavy atom. The predicted molar refractivity (Wildman–Crippen MR) is 104 cm³/mol. The van der Waals surface area contributed by atoms with Crippen LogP contribution in [-0.4, -0.2) is 34.7 Å². The Balaban J connectivity index is 1.81. The van der Waals surface area contributed by atoms with Gasteiger partial charge in [-0.05, 0) is 49.2 Å². The van der Waals surface area contributed by atoms with Crippen molar-refractivity contribution in [2.24, 2.45) is 5.73 Å². The van der Waals surface area contributed by atoms with Crippen molar-refractivity contribution in [2.45, 2.75) is 31.8 Å².